The first-order chi connectivity index (χ1) is 5.35. The zero-order chi connectivity index (χ0) is 8.53. The Bertz CT molecular complexity index is 88.9. The van der Waals surface area contributed by atoms with Gasteiger partial charge in [-0.1, -0.05) is 19.9 Å². The SMILES string of the molecule is C=CCCCC(CC)SCC. The van der Waals surface area contributed by atoms with Gasteiger partial charge in [-0.15, -0.1) is 6.58 Å². The van der Waals surface area contributed by atoms with Gasteiger partial charge >= 0.3 is 0 Å². The molecule has 0 saturated carbocycles. The molecule has 11 heavy (non-hydrogen) atoms. The average Bonchev–Trinajstić information content (AvgIpc) is 2.03. The van der Waals surface area contributed by atoms with Crippen molar-refractivity contribution in [2.45, 2.75) is 44.8 Å². The zero-order valence-corrected chi connectivity index (χ0v) is 8.62. The lowest BCUT2D eigenvalue weighted by molar-refractivity contribution is 0.690. The van der Waals surface area contributed by atoms with Gasteiger partial charge in [0, 0.05) is 5.25 Å². The summed E-state index contributed by atoms with van der Waals surface area (Å²) < 4.78 is 0. The molecule has 0 nitrogen and oxygen atoms in total. The van der Waals surface area contributed by atoms with Crippen LogP contribution < -0.4 is 0 Å². The summed E-state index contributed by atoms with van der Waals surface area (Å²) >= 11 is 2.09. The highest BCUT2D eigenvalue weighted by Gasteiger charge is 2.03. The van der Waals surface area contributed by atoms with Crippen molar-refractivity contribution in [3.05, 3.63) is 12.7 Å². The molecule has 0 saturated heterocycles. The summed E-state index contributed by atoms with van der Waals surface area (Å²) in [6.45, 7) is 8.24. The van der Waals surface area contributed by atoms with Crippen molar-refractivity contribution in [3.8, 4) is 0 Å². The first-order valence-electron chi connectivity index (χ1n) is 4.57. The largest absolute Gasteiger partial charge is 0.159 e. The Kier molecular flexibility index (Phi) is 8.26. The Morgan fingerprint density at radius 3 is 2.64 bits per heavy atom. The molecule has 0 bridgehead atoms. The van der Waals surface area contributed by atoms with E-state index in [0.717, 1.165) is 5.25 Å². The molecule has 0 N–H and O–H groups in total. The Balaban J connectivity index is 3.27. The molecule has 0 aromatic heterocycles. The summed E-state index contributed by atoms with van der Waals surface area (Å²) in [7, 11) is 0. The van der Waals surface area contributed by atoms with E-state index in [1.54, 1.807) is 0 Å². The summed E-state index contributed by atoms with van der Waals surface area (Å²) in [5.41, 5.74) is 0. The minimum absolute atomic E-state index is 0.889. The van der Waals surface area contributed by atoms with E-state index in [9.17, 15) is 0 Å². The second-order valence-corrected chi connectivity index (χ2v) is 4.28. The van der Waals surface area contributed by atoms with Crippen LogP contribution in [0.2, 0.25) is 0 Å². The van der Waals surface area contributed by atoms with Gasteiger partial charge in [-0.05, 0) is 31.4 Å². The first kappa shape index (κ1) is 11.1. The van der Waals surface area contributed by atoms with Gasteiger partial charge in [0.2, 0.25) is 0 Å². The van der Waals surface area contributed by atoms with E-state index < -0.39 is 0 Å². The van der Waals surface area contributed by atoms with Gasteiger partial charge in [-0.3, -0.25) is 0 Å². The van der Waals surface area contributed by atoms with Crippen LogP contribution >= 0.6 is 11.8 Å². The Hall–Kier alpha value is 0.0900. The van der Waals surface area contributed by atoms with Gasteiger partial charge in [-0.2, -0.15) is 11.8 Å². The molecule has 0 spiro atoms. The van der Waals surface area contributed by atoms with Crippen LogP contribution in [0.25, 0.3) is 0 Å². The second kappa shape index (κ2) is 8.19. The molecule has 0 aliphatic carbocycles. The van der Waals surface area contributed by atoms with Gasteiger partial charge in [0.15, 0.2) is 0 Å². The van der Waals surface area contributed by atoms with Crippen molar-refractivity contribution >= 4 is 11.8 Å². The maximum atomic E-state index is 3.72. The molecule has 0 aromatic rings. The van der Waals surface area contributed by atoms with E-state index in [0.29, 0.717) is 0 Å². The fourth-order valence-electron chi connectivity index (χ4n) is 1.13. The van der Waals surface area contributed by atoms with Crippen LogP contribution in [0.1, 0.15) is 39.5 Å². The van der Waals surface area contributed by atoms with Crippen LogP contribution in [0.4, 0.5) is 0 Å². The lowest BCUT2D eigenvalue weighted by Gasteiger charge is -2.11. The van der Waals surface area contributed by atoms with Crippen LogP contribution in [-0.2, 0) is 0 Å². The third-order valence-electron chi connectivity index (χ3n) is 1.79. The molecule has 0 radical (unpaired) electrons. The molecular weight excluding hydrogens is 152 g/mol. The Morgan fingerprint density at radius 2 is 2.18 bits per heavy atom. The number of hydrogen-bond acceptors (Lipinski definition) is 1. The normalized spacial score (nSPS) is 12.9. The van der Waals surface area contributed by atoms with Gasteiger partial charge in [-0.25, -0.2) is 0 Å². The molecule has 0 fully saturated rings. The third kappa shape index (κ3) is 6.49. The highest BCUT2D eigenvalue weighted by molar-refractivity contribution is 7.99. The van der Waals surface area contributed by atoms with Crippen LogP contribution in [0.5, 0.6) is 0 Å². The number of hydrogen-bond donors (Lipinski definition) is 0. The number of rotatable bonds is 7. The highest BCUT2D eigenvalue weighted by atomic mass is 32.2. The molecule has 1 heteroatoms. The van der Waals surface area contributed by atoms with Crippen molar-refractivity contribution < 1.29 is 0 Å². The predicted octanol–water partition coefficient (Wildman–Crippen LogP) is 3.87. The van der Waals surface area contributed by atoms with Crippen molar-refractivity contribution in [2.24, 2.45) is 0 Å². The van der Waals surface area contributed by atoms with Gasteiger partial charge in [0.25, 0.3) is 0 Å². The standard InChI is InChI=1S/C10H20S/c1-4-7-8-9-10(5-2)11-6-3/h4,10H,1,5-9H2,2-3H3. The molecule has 0 heterocycles. The first-order valence-corrected chi connectivity index (χ1v) is 5.62. The maximum absolute atomic E-state index is 3.72. The molecule has 0 aliphatic heterocycles. The summed E-state index contributed by atoms with van der Waals surface area (Å²) in [6, 6.07) is 0. The summed E-state index contributed by atoms with van der Waals surface area (Å²) in [6.07, 6.45) is 7.19. The molecular formula is C10H20S. The fourth-order valence-corrected chi connectivity index (χ4v) is 2.17. The Labute approximate surface area is 75.5 Å². The summed E-state index contributed by atoms with van der Waals surface area (Å²) in [5, 5.41) is 0.889. The summed E-state index contributed by atoms with van der Waals surface area (Å²) in [4.78, 5) is 0. The Morgan fingerprint density at radius 1 is 1.45 bits per heavy atom. The van der Waals surface area contributed by atoms with E-state index >= 15 is 0 Å². The van der Waals surface area contributed by atoms with Gasteiger partial charge in [0.1, 0.15) is 0 Å². The predicted molar refractivity (Wildman–Crippen MR) is 56.3 cm³/mol. The molecule has 1 unspecified atom stereocenters. The summed E-state index contributed by atoms with van der Waals surface area (Å²) in [5.74, 6) is 1.26. The van der Waals surface area contributed by atoms with Crippen molar-refractivity contribution in [2.75, 3.05) is 5.75 Å². The topological polar surface area (TPSA) is 0 Å². The quantitative estimate of drug-likeness (QED) is 0.415. The maximum Gasteiger partial charge on any atom is 0.00444 e. The van der Waals surface area contributed by atoms with Crippen molar-refractivity contribution in [3.63, 3.8) is 0 Å². The molecule has 0 amide bonds. The minimum Gasteiger partial charge on any atom is -0.159 e. The monoisotopic (exact) mass is 172 g/mol. The number of allylic oxidation sites excluding steroid dienone is 1. The smallest absolute Gasteiger partial charge is 0.00444 e. The van der Waals surface area contributed by atoms with Crippen molar-refractivity contribution in [1.82, 2.24) is 0 Å². The lowest BCUT2D eigenvalue weighted by Crippen LogP contribution is -2.00. The average molecular weight is 172 g/mol. The molecule has 0 rings (SSSR count). The van der Waals surface area contributed by atoms with Crippen molar-refractivity contribution in [1.29, 1.82) is 0 Å². The zero-order valence-electron chi connectivity index (χ0n) is 7.81. The van der Waals surface area contributed by atoms with Crippen LogP contribution in [-0.4, -0.2) is 11.0 Å². The minimum atomic E-state index is 0.889. The fraction of sp³-hybridized carbons (Fsp3) is 0.800. The van der Waals surface area contributed by atoms with Gasteiger partial charge < -0.3 is 0 Å². The molecule has 0 aliphatic rings. The number of unbranched alkanes of at least 4 members (excludes halogenated alkanes) is 1. The second-order valence-electron chi connectivity index (χ2n) is 2.71. The highest BCUT2D eigenvalue weighted by Crippen LogP contribution is 2.19. The lowest BCUT2D eigenvalue weighted by atomic mass is 10.1. The van der Waals surface area contributed by atoms with Crippen LogP contribution in [0, 0.1) is 0 Å². The van der Waals surface area contributed by atoms with E-state index in [1.807, 2.05) is 6.08 Å². The molecule has 66 valence electrons. The van der Waals surface area contributed by atoms with E-state index in [-0.39, 0.29) is 0 Å². The van der Waals surface area contributed by atoms with Crippen LogP contribution in [0.15, 0.2) is 12.7 Å². The van der Waals surface area contributed by atoms with E-state index in [2.05, 4.69) is 32.2 Å². The van der Waals surface area contributed by atoms with E-state index in [4.69, 9.17) is 0 Å². The van der Waals surface area contributed by atoms with Gasteiger partial charge in [0.05, 0.1) is 0 Å². The molecule has 1 atom stereocenters. The number of thioether (sulfide) groups is 1. The van der Waals surface area contributed by atoms with Crippen LogP contribution in [0.3, 0.4) is 0 Å². The van der Waals surface area contributed by atoms with E-state index in [1.165, 1.54) is 31.4 Å². The third-order valence-corrected chi connectivity index (χ3v) is 3.17. The molecule has 0 aromatic carbocycles.